The van der Waals surface area contributed by atoms with Gasteiger partial charge in [-0.05, 0) is 37.5 Å². The van der Waals surface area contributed by atoms with E-state index in [9.17, 15) is 4.79 Å². The van der Waals surface area contributed by atoms with Crippen LogP contribution in [-0.2, 0) is 4.79 Å². The molecule has 0 saturated heterocycles. The largest absolute Gasteiger partial charge is 0.224 e. The Morgan fingerprint density at radius 3 is 2.33 bits per heavy atom. The van der Waals surface area contributed by atoms with E-state index in [1.807, 2.05) is 6.08 Å². The molecule has 66 valence electrons. The second-order valence-corrected chi connectivity index (χ2v) is 2.73. The van der Waals surface area contributed by atoms with Crippen LogP contribution in [0, 0.1) is 0 Å². The molecule has 0 aromatic rings. The van der Waals surface area contributed by atoms with Crippen LogP contribution in [0.25, 0.3) is 0 Å². The lowest BCUT2D eigenvalue weighted by atomic mass is 10.1. The summed E-state index contributed by atoms with van der Waals surface area (Å²) in [5.74, 6) is 1.61. The second-order valence-electron chi connectivity index (χ2n) is 2.73. The standard InChI is InChI=1S/C11H16O/c1-2-3-4-5-6-7-8-9-10-11-12/h2,9H,1,3-8H2. The van der Waals surface area contributed by atoms with Crippen LogP contribution in [0.5, 0.6) is 0 Å². The highest BCUT2D eigenvalue weighted by Gasteiger charge is 1.86. The smallest absolute Gasteiger partial charge is 0.176 e. The molecule has 0 atom stereocenters. The highest BCUT2D eigenvalue weighted by molar-refractivity contribution is 5.43. The van der Waals surface area contributed by atoms with Gasteiger partial charge in [0.05, 0.1) is 0 Å². The average Bonchev–Trinajstić information content (AvgIpc) is 2.10. The number of hydrogen-bond acceptors (Lipinski definition) is 1. The SMILES string of the molecule is C=CCCCCCCC=C=C=O. The van der Waals surface area contributed by atoms with Gasteiger partial charge in [-0.25, -0.2) is 4.79 Å². The van der Waals surface area contributed by atoms with Gasteiger partial charge in [0.2, 0.25) is 0 Å². The Balaban J connectivity index is 3.05. The summed E-state index contributed by atoms with van der Waals surface area (Å²) in [4.78, 5) is 9.70. The van der Waals surface area contributed by atoms with Crippen molar-refractivity contribution in [1.29, 1.82) is 0 Å². The van der Waals surface area contributed by atoms with Gasteiger partial charge in [0.15, 0.2) is 5.94 Å². The Labute approximate surface area is 74.5 Å². The first-order valence-corrected chi connectivity index (χ1v) is 4.47. The van der Waals surface area contributed by atoms with E-state index in [0.717, 1.165) is 19.3 Å². The maximum Gasteiger partial charge on any atom is 0.176 e. The Morgan fingerprint density at radius 1 is 1.08 bits per heavy atom. The van der Waals surface area contributed by atoms with Crippen LogP contribution in [0.1, 0.15) is 38.5 Å². The molecule has 12 heavy (non-hydrogen) atoms. The van der Waals surface area contributed by atoms with Gasteiger partial charge in [-0.1, -0.05) is 18.9 Å². The summed E-state index contributed by atoms with van der Waals surface area (Å²) < 4.78 is 0. The molecule has 0 amide bonds. The van der Waals surface area contributed by atoms with Crippen molar-refractivity contribution in [1.82, 2.24) is 0 Å². The van der Waals surface area contributed by atoms with Crippen LogP contribution in [0.2, 0.25) is 0 Å². The topological polar surface area (TPSA) is 17.1 Å². The summed E-state index contributed by atoms with van der Waals surface area (Å²) in [6.45, 7) is 3.66. The Morgan fingerprint density at radius 2 is 1.75 bits per heavy atom. The van der Waals surface area contributed by atoms with Gasteiger partial charge in [-0.3, -0.25) is 0 Å². The quantitative estimate of drug-likeness (QED) is 0.244. The van der Waals surface area contributed by atoms with Crippen LogP contribution in [0.3, 0.4) is 0 Å². The molecule has 0 aromatic carbocycles. The van der Waals surface area contributed by atoms with Gasteiger partial charge in [-0.15, -0.1) is 6.58 Å². The molecule has 0 spiro atoms. The van der Waals surface area contributed by atoms with Crippen LogP contribution < -0.4 is 0 Å². The molecular formula is C11H16O. The monoisotopic (exact) mass is 164 g/mol. The van der Waals surface area contributed by atoms with E-state index in [1.54, 1.807) is 12.0 Å². The minimum absolute atomic E-state index is 0.948. The van der Waals surface area contributed by atoms with Crippen LogP contribution in [0.4, 0.5) is 0 Å². The number of carbonyl (C=O) groups excluding carboxylic acids is 1. The van der Waals surface area contributed by atoms with E-state index in [2.05, 4.69) is 12.3 Å². The summed E-state index contributed by atoms with van der Waals surface area (Å²) in [5.41, 5.74) is 2.40. The molecular weight excluding hydrogens is 148 g/mol. The van der Waals surface area contributed by atoms with Crippen LogP contribution in [0.15, 0.2) is 24.5 Å². The molecule has 0 bridgehead atoms. The molecule has 1 heteroatoms. The first-order valence-electron chi connectivity index (χ1n) is 4.47. The van der Waals surface area contributed by atoms with E-state index in [-0.39, 0.29) is 0 Å². The molecule has 0 N–H and O–H groups in total. The van der Waals surface area contributed by atoms with Gasteiger partial charge in [0.25, 0.3) is 0 Å². The molecule has 1 nitrogen and oxygen atoms in total. The van der Waals surface area contributed by atoms with Crippen molar-refractivity contribution in [2.45, 2.75) is 38.5 Å². The Hall–Kier alpha value is -1.03. The van der Waals surface area contributed by atoms with E-state index in [0.29, 0.717) is 0 Å². The predicted molar refractivity (Wildman–Crippen MR) is 51.7 cm³/mol. The second kappa shape index (κ2) is 9.97. The van der Waals surface area contributed by atoms with Gasteiger partial charge >= 0.3 is 0 Å². The van der Waals surface area contributed by atoms with E-state index < -0.39 is 0 Å². The first-order chi connectivity index (χ1) is 5.91. The molecule has 0 unspecified atom stereocenters. The molecule has 0 fully saturated rings. The van der Waals surface area contributed by atoms with Crippen molar-refractivity contribution < 1.29 is 4.79 Å². The van der Waals surface area contributed by atoms with Crippen molar-refractivity contribution >= 4 is 5.94 Å². The molecule has 0 aliphatic heterocycles. The lowest BCUT2D eigenvalue weighted by molar-refractivity contribution is 0.569. The average molecular weight is 164 g/mol. The lowest BCUT2D eigenvalue weighted by Crippen LogP contribution is -1.75. The fourth-order valence-corrected chi connectivity index (χ4v) is 1.00. The number of allylic oxidation sites excluding steroid dienone is 2. The zero-order chi connectivity index (χ0) is 9.07. The van der Waals surface area contributed by atoms with Gasteiger partial charge in [0.1, 0.15) is 0 Å². The minimum atomic E-state index is 0.948. The van der Waals surface area contributed by atoms with Crippen molar-refractivity contribution in [3.8, 4) is 0 Å². The highest BCUT2D eigenvalue weighted by Crippen LogP contribution is 2.05. The van der Waals surface area contributed by atoms with E-state index in [4.69, 9.17) is 0 Å². The number of unbranched alkanes of at least 4 members (excludes halogenated alkanes) is 5. The molecule has 0 saturated carbocycles. The van der Waals surface area contributed by atoms with Crippen LogP contribution >= 0.6 is 0 Å². The van der Waals surface area contributed by atoms with Crippen molar-refractivity contribution in [3.05, 3.63) is 24.5 Å². The van der Waals surface area contributed by atoms with E-state index >= 15 is 0 Å². The first kappa shape index (κ1) is 11.0. The number of hydrogen-bond donors (Lipinski definition) is 0. The summed E-state index contributed by atoms with van der Waals surface area (Å²) >= 11 is 0. The third-order valence-corrected chi connectivity index (χ3v) is 1.67. The molecule has 0 rings (SSSR count). The third-order valence-electron chi connectivity index (χ3n) is 1.67. The molecule has 0 radical (unpaired) electrons. The van der Waals surface area contributed by atoms with Gasteiger partial charge < -0.3 is 0 Å². The molecule has 0 heterocycles. The normalized spacial score (nSPS) is 8.33. The zero-order valence-corrected chi connectivity index (χ0v) is 7.51. The van der Waals surface area contributed by atoms with Crippen molar-refractivity contribution in [2.24, 2.45) is 0 Å². The summed E-state index contributed by atoms with van der Waals surface area (Å²) in [6.07, 6.45) is 10.6. The maximum absolute atomic E-state index is 9.70. The Bertz CT molecular complexity index is 181. The predicted octanol–water partition coefficient (Wildman–Crippen LogP) is 3.06. The maximum atomic E-state index is 9.70. The van der Waals surface area contributed by atoms with Gasteiger partial charge in [0, 0.05) is 0 Å². The molecule has 0 aliphatic carbocycles. The Kier molecular flexibility index (Phi) is 9.11. The summed E-state index contributed by atoms with van der Waals surface area (Å²) in [7, 11) is 0. The number of rotatable bonds is 7. The minimum Gasteiger partial charge on any atom is -0.224 e. The van der Waals surface area contributed by atoms with Gasteiger partial charge in [-0.2, -0.15) is 0 Å². The van der Waals surface area contributed by atoms with Crippen molar-refractivity contribution in [3.63, 3.8) is 0 Å². The zero-order valence-electron chi connectivity index (χ0n) is 7.51. The van der Waals surface area contributed by atoms with Crippen LogP contribution in [-0.4, -0.2) is 5.94 Å². The fraction of sp³-hybridized carbons (Fsp3) is 0.545. The van der Waals surface area contributed by atoms with Crippen molar-refractivity contribution in [2.75, 3.05) is 0 Å². The third kappa shape index (κ3) is 8.97. The highest BCUT2D eigenvalue weighted by atomic mass is 16.1. The fourth-order valence-electron chi connectivity index (χ4n) is 1.00. The van der Waals surface area contributed by atoms with E-state index in [1.165, 1.54) is 19.3 Å². The lowest BCUT2D eigenvalue weighted by Gasteiger charge is -1.94. The summed E-state index contributed by atoms with van der Waals surface area (Å²) in [5, 5.41) is 0. The molecule has 0 aliphatic rings. The molecule has 0 aromatic heterocycles. The summed E-state index contributed by atoms with van der Waals surface area (Å²) in [6, 6.07) is 0.